The highest BCUT2D eigenvalue weighted by Gasteiger charge is 2.12. The maximum absolute atomic E-state index is 12.0. The lowest BCUT2D eigenvalue weighted by Gasteiger charge is -2.15. The molecule has 0 fully saturated rings. The molecular weight excluding hydrogens is 266 g/mol. The van der Waals surface area contributed by atoms with Gasteiger partial charge < -0.3 is 10.2 Å². The van der Waals surface area contributed by atoms with E-state index in [-0.39, 0.29) is 12.3 Å². The molecule has 1 N–H and O–H groups in total. The summed E-state index contributed by atoms with van der Waals surface area (Å²) < 4.78 is 0. The van der Waals surface area contributed by atoms with Crippen molar-refractivity contribution in [3.05, 3.63) is 28.8 Å². The van der Waals surface area contributed by atoms with Crippen LogP contribution in [0.3, 0.4) is 0 Å². The average Bonchev–Trinajstić information content (AvgIpc) is 2.36. The SMILES string of the molecule is CCN(C)C(=O)c1cc(Cl)cc(NC(=O)CC#N)c1. The van der Waals surface area contributed by atoms with Crippen molar-refractivity contribution in [3.63, 3.8) is 0 Å². The first-order chi connectivity index (χ1) is 8.97. The number of nitrogens with one attached hydrogen (secondary N) is 1. The van der Waals surface area contributed by atoms with E-state index < -0.39 is 5.91 Å². The van der Waals surface area contributed by atoms with Gasteiger partial charge in [0.2, 0.25) is 5.91 Å². The van der Waals surface area contributed by atoms with Crippen molar-refractivity contribution in [3.8, 4) is 6.07 Å². The molecule has 1 rings (SSSR count). The normalized spacial score (nSPS) is 9.58. The fourth-order valence-corrected chi connectivity index (χ4v) is 1.66. The first kappa shape index (κ1) is 15.0. The van der Waals surface area contributed by atoms with Crippen molar-refractivity contribution in [2.24, 2.45) is 0 Å². The van der Waals surface area contributed by atoms with Crippen LogP contribution in [0.4, 0.5) is 5.69 Å². The fraction of sp³-hybridized carbons (Fsp3) is 0.308. The van der Waals surface area contributed by atoms with Gasteiger partial charge in [0.15, 0.2) is 0 Å². The topological polar surface area (TPSA) is 73.2 Å². The number of nitrogens with zero attached hydrogens (tertiary/aromatic N) is 2. The summed E-state index contributed by atoms with van der Waals surface area (Å²) in [6.07, 6.45) is -0.245. The van der Waals surface area contributed by atoms with E-state index in [1.165, 1.54) is 23.1 Å². The van der Waals surface area contributed by atoms with Crippen molar-refractivity contribution in [1.82, 2.24) is 4.90 Å². The summed E-state index contributed by atoms with van der Waals surface area (Å²) in [5.74, 6) is -0.618. The molecule has 0 aromatic heterocycles. The van der Waals surface area contributed by atoms with E-state index in [1.54, 1.807) is 13.1 Å². The molecule has 0 radical (unpaired) electrons. The van der Waals surface area contributed by atoms with E-state index in [0.717, 1.165) is 0 Å². The second-order valence-electron chi connectivity index (χ2n) is 3.93. The lowest BCUT2D eigenvalue weighted by molar-refractivity contribution is -0.115. The van der Waals surface area contributed by atoms with Crippen LogP contribution in [-0.2, 0) is 4.79 Å². The highest BCUT2D eigenvalue weighted by molar-refractivity contribution is 6.31. The lowest BCUT2D eigenvalue weighted by atomic mass is 10.1. The zero-order valence-corrected chi connectivity index (χ0v) is 11.5. The van der Waals surface area contributed by atoms with Crippen molar-refractivity contribution >= 4 is 29.1 Å². The predicted octanol–water partition coefficient (Wildman–Crippen LogP) is 2.28. The smallest absolute Gasteiger partial charge is 0.253 e. The second kappa shape index (κ2) is 6.76. The Bertz CT molecular complexity index is 537. The number of hydrogen-bond acceptors (Lipinski definition) is 3. The van der Waals surface area contributed by atoms with E-state index in [9.17, 15) is 9.59 Å². The van der Waals surface area contributed by atoms with Crippen molar-refractivity contribution < 1.29 is 9.59 Å². The van der Waals surface area contributed by atoms with Crippen LogP contribution in [0.15, 0.2) is 18.2 Å². The van der Waals surface area contributed by atoms with Crippen LogP contribution in [-0.4, -0.2) is 30.3 Å². The standard InChI is InChI=1S/C13H14ClN3O2/c1-3-17(2)13(19)9-6-10(14)8-11(7-9)16-12(18)4-5-15/h6-8H,3-4H2,1-2H3,(H,16,18). The zero-order chi connectivity index (χ0) is 14.4. The minimum absolute atomic E-state index is 0.180. The van der Waals surface area contributed by atoms with Crippen LogP contribution < -0.4 is 5.32 Å². The second-order valence-corrected chi connectivity index (χ2v) is 4.37. The molecule has 1 aromatic carbocycles. The molecule has 0 bridgehead atoms. The number of nitriles is 1. The number of amides is 2. The summed E-state index contributed by atoms with van der Waals surface area (Å²) in [6.45, 7) is 2.43. The van der Waals surface area contributed by atoms with Crippen molar-refractivity contribution in [2.75, 3.05) is 18.9 Å². The number of rotatable bonds is 4. The Labute approximate surface area is 116 Å². The Morgan fingerprint density at radius 1 is 1.42 bits per heavy atom. The van der Waals surface area contributed by atoms with Crippen molar-refractivity contribution in [1.29, 1.82) is 5.26 Å². The van der Waals surface area contributed by atoms with Gasteiger partial charge in [-0.1, -0.05) is 11.6 Å². The lowest BCUT2D eigenvalue weighted by Crippen LogP contribution is -2.26. The molecule has 0 spiro atoms. The molecule has 0 saturated carbocycles. The number of carbonyl (C=O) groups is 2. The average molecular weight is 280 g/mol. The number of benzene rings is 1. The van der Waals surface area contributed by atoms with E-state index in [0.29, 0.717) is 22.8 Å². The summed E-state index contributed by atoms with van der Waals surface area (Å²) in [5.41, 5.74) is 0.796. The molecule has 0 heterocycles. The Kier molecular flexibility index (Phi) is 5.34. The third-order valence-electron chi connectivity index (χ3n) is 2.49. The van der Waals surface area contributed by atoms with Crippen LogP contribution in [0.2, 0.25) is 5.02 Å². The van der Waals surface area contributed by atoms with Gasteiger partial charge in [0, 0.05) is 29.9 Å². The van der Waals surface area contributed by atoms with Gasteiger partial charge in [0.25, 0.3) is 5.91 Å². The van der Waals surface area contributed by atoms with Gasteiger partial charge in [-0.25, -0.2) is 0 Å². The minimum Gasteiger partial charge on any atom is -0.342 e. The monoisotopic (exact) mass is 279 g/mol. The molecule has 0 aliphatic heterocycles. The summed E-state index contributed by atoms with van der Waals surface area (Å²) in [7, 11) is 1.68. The molecule has 0 saturated heterocycles. The molecule has 1 aromatic rings. The highest BCUT2D eigenvalue weighted by Crippen LogP contribution is 2.20. The molecule has 5 nitrogen and oxygen atoms in total. The van der Waals surface area contributed by atoms with Gasteiger partial charge in [-0.05, 0) is 25.1 Å². The van der Waals surface area contributed by atoms with Gasteiger partial charge in [0.05, 0.1) is 6.07 Å². The third kappa shape index (κ3) is 4.27. The Balaban J connectivity index is 2.98. The van der Waals surface area contributed by atoms with Crippen LogP contribution >= 0.6 is 11.6 Å². The Morgan fingerprint density at radius 2 is 2.11 bits per heavy atom. The summed E-state index contributed by atoms with van der Waals surface area (Å²) in [4.78, 5) is 24.9. The van der Waals surface area contributed by atoms with Crippen LogP contribution in [0.25, 0.3) is 0 Å². The molecule has 2 amide bonds. The maximum atomic E-state index is 12.0. The highest BCUT2D eigenvalue weighted by atomic mass is 35.5. The molecule has 100 valence electrons. The van der Waals surface area contributed by atoms with E-state index in [1.807, 2.05) is 6.92 Å². The largest absolute Gasteiger partial charge is 0.342 e. The predicted molar refractivity (Wildman–Crippen MR) is 72.9 cm³/mol. The van der Waals surface area contributed by atoms with Crippen LogP contribution in [0.1, 0.15) is 23.7 Å². The van der Waals surface area contributed by atoms with Gasteiger partial charge >= 0.3 is 0 Å². The van der Waals surface area contributed by atoms with Gasteiger partial charge in [-0.2, -0.15) is 5.26 Å². The number of halogens is 1. The molecule has 6 heteroatoms. The number of hydrogen-bond donors (Lipinski definition) is 1. The first-order valence-electron chi connectivity index (χ1n) is 5.70. The number of carbonyl (C=O) groups excluding carboxylic acids is 2. The van der Waals surface area contributed by atoms with E-state index in [2.05, 4.69) is 5.32 Å². The quantitative estimate of drug-likeness (QED) is 0.919. The van der Waals surface area contributed by atoms with E-state index >= 15 is 0 Å². The van der Waals surface area contributed by atoms with E-state index in [4.69, 9.17) is 16.9 Å². The van der Waals surface area contributed by atoms with Gasteiger partial charge in [0.1, 0.15) is 6.42 Å². The Morgan fingerprint density at radius 3 is 2.68 bits per heavy atom. The van der Waals surface area contributed by atoms with Gasteiger partial charge in [-0.15, -0.1) is 0 Å². The molecule has 0 atom stereocenters. The molecule has 0 aliphatic carbocycles. The summed E-state index contributed by atoms with van der Waals surface area (Å²) in [5, 5.41) is 11.3. The first-order valence-corrected chi connectivity index (χ1v) is 6.08. The summed E-state index contributed by atoms with van der Waals surface area (Å²) in [6, 6.07) is 6.35. The van der Waals surface area contributed by atoms with Crippen molar-refractivity contribution in [2.45, 2.75) is 13.3 Å². The maximum Gasteiger partial charge on any atom is 0.253 e. The molecular formula is C13H14ClN3O2. The number of anilines is 1. The third-order valence-corrected chi connectivity index (χ3v) is 2.71. The molecule has 0 unspecified atom stereocenters. The van der Waals surface area contributed by atoms with Crippen LogP contribution in [0, 0.1) is 11.3 Å². The molecule has 0 aliphatic rings. The minimum atomic E-state index is -0.438. The van der Waals surface area contributed by atoms with Crippen LogP contribution in [0.5, 0.6) is 0 Å². The fourth-order valence-electron chi connectivity index (χ4n) is 1.43. The Hall–Kier alpha value is -2.06. The summed E-state index contributed by atoms with van der Waals surface area (Å²) >= 11 is 5.92. The van der Waals surface area contributed by atoms with Gasteiger partial charge in [-0.3, -0.25) is 9.59 Å². The molecule has 19 heavy (non-hydrogen) atoms. The zero-order valence-electron chi connectivity index (χ0n) is 10.7.